The van der Waals surface area contributed by atoms with Crippen molar-refractivity contribution in [1.82, 2.24) is 10.2 Å². The van der Waals surface area contributed by atoms with Gasteiger partial charge in [-0.2, -0.15) is 0 Å². The van der Waals surface area contributed by atoms with Crippen LogP contribution < -0.4 is 5.32 Å². The summed E-state index contributed by atoms with van der Waals surface area (Å²) in [6, 6.07) is 14.0. The molecule has 2 rings (SSSR count). The molecule has 0 aliphatic heterocycles. The molecule has 0 radical (unpaired) electrons. The van der Waals surface area contributed by atoms with Crippen molar-refractivity contribution in [2.75, 3.05) is 6.54 Å². The van der Waals surface area contributed by atoms with Crippen LogP contribution in [-0.4, -0.2) is 29.3 Å². The van der Waals surface area contributed by atoms with Crippen LogP contribution in [0.15, 0.2) is 48.5 Å². The van der Waals surface area contributed by atoms with E-state index < -0.39 is 6.04 Å². The molecule has 0 bridgehead atoms. The molecule has 2 aromatic carbocycles. The number of unbranched alkanes of at least 4 members (excludes halogenated alkanes) is 1. The maximum absolute atomic E-state index is 14.2. The first-order chi connectivity index (χ1) is 14.8. The molecule has 0 spiro atoms. The average Bonchev–Trinajstić information content (AvgIpc) is 2.76. The maximum Gasteiger partial charge on any atom is 0.242 e. The minimum Gasteiger partial charge on any atom is -0.354 e. The van der Waals surface area contributed by atoms with Crippen molar-refractivity contribution in [3.63, 3.8) is 0 Å². The van der Waals surface area contributed by atoms with Crippen molar-refractivity contribution < 1.29 is 14.0 Å². The highest BCUT2D eigenvalue weighted by Crippen LogP contribution is 2.18. The second kappa shape index (κ2) is 12.2. The predicted molar refractivity (Wildman–Crippen MR) is 123 cm³/mol. The Kier molecular flexibility index (Phi) is 9.70. The molecule has 31 heavy (non-hydrogen) atoms. The van der Waals surface area contributed by atoms with E-state index in [-0.39, 0.29) is 30.6 Å². The van der Waals surface area contributed by atoms with Gasteiger partial charge in [0.25, 0.3) is 0 Å². The number of halogens is 1. The SMILES string of the molecule is CCCCNC(=O)[C@H](C)N(Cc1ccccc1F)C(=O)CCc1ccc(C(C)C)cc1. The molecule has 168 valence electrons. The summed E-state index contributed by atoms with van der Waals surface area (Å²) in [6.07, 6.45) is 2.70. The van der Waals surface area contributed by atoms with Crippen LogP contribution in [0.2, 0.25) is 0 Å². The van der Waals surface area contributed by atoms with E-state index >= 15 is 0 Å². The summed E-state index contributed by atoms with van der Waals surface area (Å²) in [7, 11) is 0. The lowest BCUT2D eigenvalue weighted by atomic mass is 10.00. The fraction of sp³-hybridized carbons (Fsp3) is 0.462. The van der Waals surface area contributed by atoms with Crippen molar-refractivity contribution in [2.45, 2.75) is 71.9 Å². The van der Waals surface area contributed by atoms with Crippen LogP contribution in [0.3, 0.4) is 0 Å². The molecule has 0 heterocycles. The van der Waals surface area contributed by atoms with Gasteiger partial charge in [-0.1, -0.05) is 69.7 Å². The van der Waals surface area contributed by atoms with Gasteiger partial charge in [-0.15, -0.1) is 0 Å². The Morgan fingerprint density at radius 2 is 1.71 bits per heavy atom. The standard InChI is InChI=1S/C26H35FN2O2/c1-5-6-17-28-26(31)20(4)29(18-23-9-7-8-10-24(23)27)25(30)16-13-21-11-14-22(15-12-21)19(2)3/h7-12,14-15,19-20H,5-6,13,16-18H2,1-4H3,(H,28,31)/t20-/m0/s1. The van der Waals surface area contributed by atoms with Crippen LogP contribution in [0.25, 0.3) is 0 Å². The van der Waals surface area contributed by atoms with Gasteiger partial charge >= 0.3 is 0 Å². The quantitative estimate of drug-likeness (QED) is 0.501. The molecule has 0 saturated carbocycles. The van der Waals surface area contributed by atoms with Crippen LogP contribution in [0.5, 0.6) is 0 Å². The molecular weight excluding hydrogens is 391 g/mol. The number of nitrogens with zero attached hydrogens (tertiary/aromatic N) is 1. The monoisotopic (exact) mass is 426 g/mol. The number of carbonyl (C=O) groups excluding carboxylic acids is 2. The summed E-state index contributed by atoms with van der Waals surface area (Å²) in [5.74, 6) is -0.282. The van der Waals surface area contributed by atoms with Crippen molar-refractivity contribution in [1.29, 1.82) is 0 Å². The van der Waals surface area contributed by atoms with Gasteiger partial charge in [-0.3, -0.25) is 9.59 Å². The van der Waals surface area contributed by atoms with Crippen LogP contribution in [-0.2, 0) is 22.6 Å². The molecule has 4 nitrogen and oxygen atoms in total. The molecule has 0 saturated heterocycles. The van der Waals surface area contributed by atoms with E-state index in [9.17, 15) is 14.0 Å². The van der Waals surface area contributed by atoms with Crippen molar-refractivity contribution in [3.05, 3.63) is 71.0 Å². The smallest absolute Gasteiger partial charge is 0.242 e. The summed E-state index contributed by atoms with van der Waals surface area (Å²) in [4.78, 5) is 27.2. The number of amides is 2. The van der Waals surface area contributed by atoms with Gasteiger partial charge in [0.1, 0.15) is 11.9 Å². The topological polar surface area (TPSA) is 49.4 Å². The van der Waals surface area contributed by atoms with Crippen molar-refractivity contribution >= 4 is 11.8 Å². The summed E-state index contributed by atoms with van der Waals surface area (Å²) >= 11 is 0. The van der Waals surface area contributed by atoms with E-state index in [1.54, 1.807) is 25.1 Å². The minimum atomic E-state index is -0.674. The zero-order valence-corrected chi connectivity index (χ0v) is 19.2. The highest BCUT2D eigenvalue weighted by atomic mass is 19.1. The van der Waals surface area contributed by atoms with Gasteiger partial charge in [0, 0.05) is 25.1 Å². The first kappa shape index (κ1) is 24.6. The molecule has 1 atom stereocenters. The highest BCUT2D eigenvalue weighted by Gasteiger charge is 2.26. The third-order valence-corrected chi connectivity index (χ3v) is 5.57. The molecule has 0 aromatic heterocycles. The summed E-state index contributed by atoms with van der Waals surface area (Å²) < 4.78 is 14.2. The molecule has 0 fully saturated rings. The zero-order chi connectivity index (χ0) is 22.8. The van der Waals surface area contributed by atoms with Crippen molar-refractivity contribution in [3.8, 4) is 0 Å². The van der Waals surface area contributed by atoms with Gasteiger partial charge in [0.2, 0.25) is 11.8 Å². The van der Waals surface area contributed by atoms with Gasteiger partial charge in [0.15, 0.2) is 0 Å². The summed E-state index contributed by atoms with van der Waals surface area (Å²) in [5, 5.41) is 2.88. The van der Waals surface area contributed by atoms with Crippen LogP contribution in [0.1, 0.15) is 69.6 Å². The molecule has 0 aliphatic carbocycles. The van der Waals surface area contributed by atoms with Gasteiger partial charge in [-0.25, -0.2) is 4.39 Å². The molecular formula is C26H35FN2O2. The number of hydrogen-bond acceptors (Lipinski definition) is 2. The summed E-state index contributed by atoms with van der Waals surface area (Å²) in [5.41, 5.74) is 2.74. The van der Waals surface area contributed by atoms with E-state index in [2.05, 4.69) is 38.2 Å². The zero-order valence-electron chi connectivity index (χ0n) is 19.2. The Labute approximate surface area is 185 Å². The molecule has 5 heteroatoms. The second-order valence-electron chi connectivity index (χ2n) is 8.33. The Bertz CT molecular complexity index is 849. The van der Waals surface area contributed by atoms with E-state index in [0.29, 0.717) is 24.4 Å². The lowest BCUT2D eigenvalue weighted by Crippen LogP contribution is -2.48. The minimum absolute atomic E-state index is 0.0696. The normalized spacial score (nSPS) is 11.9. The Morgan fingerprint density at radius 3 is 2.32 bits per heavy atom. The highest BCUT2D eigenvalue weighted by molar-refractivity contribution is 5.87. The van der Waals surface area contributed by atoms with E-state index in [1.807, 2.05) is 12.1 Å². The molecule has 2 aromatic rings. The Balaban J connectivity index is 2.11. The van der Waals surface area contributed by atoms with Crippen molar-refractivity contribution in [2.24, 2.45) is 0 Å². The summed E-state index contributed by atoms with van der Waals surface area (Å²) in [6.45, 7) is 8.69. The second-order valence-corrected chi connectivity index (χ2v) is 8.33. The van der Waals surface area contributed by atoms with Crippen LogP contribution in [0, 0.1) is 5.82 Å². The van der Waals surface area contributed by atoms with E-state index in [4.69, 9.17) is 0 Å². The number of carbonyl (C=O) groups is 2. The Morgan fingerprint density at radius 1 is 1.03 bits per heavy atom. The lowest BCUT2D eigenvalue weighted by Gasteiger charge is -2.29. The first-order valence-corrected chi connectivity index (χ1v) is 11.2. The number of hydrogen-bond donors (Lipinski definition) is 1. The maximum atomic E-state index is 14.2. The number of rotatable bonds is 11. The predicted octanol–water partition coefficient (Wildman–Crippen LogP) is 5.22. The molecule has 0 unspecified atom stereocenters. The van der Waals surface area contributed by atoms with Crippen LogP contribution >= 0.6 is 0 Å². The molecule has 1 N–H and O–H groups in total. The van der Waals surface area contributed by atoms with E-state index in [0.717, 1.165) is 18.4 Å². The van der Waals surface area contributed by atoms with Crippen LogP contribution in [0.4, 0.5) is 4.39 Å². The first-order valence-electron chi connectivity index (χ1n) is 11.2. The number of aryl methyl sites for hydroxylation is 1. The third kappa shape index (κ3) is 7.50. The van der Waals surface area contributed by atoms with Gasteiger partial charge in [0.05, 0.1) is 0 Å². The fourth-order valence-electron chi connectivity index (χ4n) is 3.39. The van der Waals surface area contributed by atoms with E-state index in [1.165, 1.54) is 16.5 Å². The fourth-order valence-corrected chi connectivity index (χ4v) is 3.39. The Hall–Kier alpha value is -2.69. The van der Waals surface area contributed by atoms with Gasteiger partial charge < -0.3 is 10.2 Å². The third-order valence-electron chi connectivity index (χ3n) is 5.57. The molecule has 0 aliphatic rings. The number of nitrogens with one attached hydrogen (secondary N) is 1. The molecule has 2 amide bonds. The lowest BCUT2D eigenvalue weighted by molar-refractivity contribution is -0.140. The van der Waals surface area contributed by atoms with Gasteiger partial charge in [-0.05, 0) is 42.9 Å². The number of benzene rings is 2. The largest absolute Gasteiger partial charge is 0.354 e. The average molecular weight is 427 g/mol.